The third-order valence-electron chi connectivity index (χ3n) is 5.33. The molecule has 0 unspecified atom stereocenters. The number of nitrogens with zero attached hydrogens (tertiary/aromatic N) is 5. The van der Waals surface area contributed by atoms with Crippen molar-refractivity contribution in [3.05, 3.63) is 59.5 Å². The first kappa shape index (κ1) is 19.1. The molecule has 7 nitrogen and oxygen atoms in total. The number of aromatic nitrogens is 4. The molecule has 1 N–H and O–H groups in total. The number of nitrogens with one attached hydrogen (secondary N) is 1. The first-order chi connectivity index (χ1) is 14.0. The summed E-state index contributed by atoms with van der Waals surface area (Å²) in [7, 11) is 3.83. The zero-order valence-corrected chi connectivity index (χ0v) is 17.1. The number of aromatic amines is 1. The molecule has 0 spiro atoms. The standard InChI is InChI=1S/C22H26N6O/c1-15-6-4-7-16(12-15)13-20(29)28-11-5-8-19(28)21-17(14-24-26-21)18-9-10-23-22(25-18)27(2)3/h4,6-7,9-10,12,14,19H,5,8,11,13H2,1-3H3,(H,24,26)/t19-/m1/s1. The van der Waals surface area contributed by atoms with Crippen LogP contribution >= 0.6 is 0 Å². The molecule has 3 aromatic rings. The molecule has 1 amide bonds. The maximum atomic E-state index is 13.1. The van der Waals surface area contributed by atoms with Gasteiger partial charge in [0.05, 0.1) is 30.0 Å². The van der Waals surface area contributed by atoms with Gasteiger partial charge in [-0.3, -0.25) is 9.89 Å². The molecule has 29 heavy (non-hydrogen) atoms. The van der Waals surface area contributed by atoms with Gasteiger partial charge in [-0.05, 0) is 31.4 Å². The molecule has 7 heteroatoms. The quantitative estimate of drug-likeness (QED) is 0.724. The average molecular weight is 390 g/mol. The van der Waals surface area contributed by atoms with Gasteiger partial charge in [0.25, 0.3) is 0 Å². The van der Waals surface area contributed by atoms with E-state index in [2.05, 4.69) is 26.2 Å². The van der Waals surface area contributed by atoms with Crippen molar-refractivity contribution in [2.24, 2.45) is 0 Å². The summed E-state index contributed by atoms with van der Waals surface area (Å²) in [5, 5.41) is 7.40. The SMILES string of the molecule is Cc1cccc(CC(=O)N2CCC[C@@H]2c2[nH]ncc2-c2ccnc(N(C)C)n2)c1. The van der Waals surface area contributed by atoms with Crippen molar-refractivity contribution in [2.75, 3.05) is 25.5 Å². The predicted octanol–water partition coefficient (Wildman–Crippen LogP) is 3.15. The van der Waals surface area contributed by atoms with Gasteiger partial charge in [0.15, 0.2) is 0 Å². The molecule has 0 radical (unpaired) electrons. The summed E-state index contributed by atoms with van der Waals surface area (Å²) in [4.78, 5) is 25.9. The van der Waals surface area contributed by atoms with Crippen molar-refractivity contribution in [2.45, 2.75) is 32.2 Å². The minimum atomic E-state index is -0.0115. The zero-order valence-electron chi connectivity index (χ0n) is 17.1. The van der Waals surface area contributed by atoms with E-state index in [1.165, 1.54) is 5.56 Å². The molecule has 4 rings (SSSR count). The van der Waals surface area contributed by atoms with Crippen LogP contribution in [0.5, 0.6) is 0 Å². The minimum absolute atomic E-state index is 0.0115. The van der Waals surface area contributed by atoms with Crippen LogP contribution in [0.25, 0.3) is 11.3 Å². The lowest BCUT2D eigenvalue weighted by Gasteiger charge is -2.25. The number of anilines is 1. The molecule has 0 aliphatic carbocycles. The summed E-state index contributed by atoms with van der Waals surface area (Å²) in [6, 6.07) is 10.0. The highest BCUT2D eigenvalue weighted by atomic mass is 16.2. The Hall–Kier alpha value is -3.22. The molecule has 0 saturated carbocycles. The second kappa shape index (κ2) is 8.03. The van der Waals surface area contributed by atoms with Gasteiger partial charge < -0.3 is 9.80 Å². The third-order valence-corrected chi connectivity index (χ3v) is 5.33. The maximum Gasteiger partial charge on any atom is 0.227 e. The van der Waals surface area contributed by atoms with Crippen molar-refractivity contribution in [1.29, 1.82) is 0 Å². The van der Waals surface area contributed by atoms with Crippen LogP contribution in [0.1, 0.15) is 35.7 Å². The smallest absolute Gasteiger partial charge is 0.227 e. The van der Waals surface area contributed by atoms with E-state index in [-0.39, 0.29) is 11.9 Å². The topological polar surface area (TPSA) is 78.0 Å². The Balaban J connectivity index is 1.59. The zero-order chi connectivity index (χ0) is 20.4. The van der Waals surface area contributed by atoms with E-state index in [4.69, 9.17) is 0 Å². The highest BCUT2D eigenvalue weighted by Crippen LogP contribution is 2.36. The molecule has 1 fully saturated rings. The van der Waals surface area contributed by atoms with Crippen LogP contribution in [0.3, 0.4) is 0 Å². The number of amides is 1. The first-order valence-electron chi connectivity index (χ1n) is 9.92. The second-order valence-electron chi connectivity index (χ2n) is 7.74. The van der Waals surface area contributed by atoms with Gasteiger partial charge >= 0.3 is 0 Å². The van der Waals surface area contributed by atoms with Crippen LogP contribution < -0.4 is 4.90 Å². The number of rotatable bonds is 5. The Kier molecular flexibility index (Phi) is 5.29. The number of hydrogen-bond acceptors (Lipinski definition) is 5. The van der Waals surface area contributed by atoms with Crippen molar-refractivity contribution in [3.8, 4) is 11.3 Å². The van der Waals surface area contributed by atoms with E-state index >= 15 is 0 Å². The molecule has 2 aromatic heterocycles. The highest BCUT2D eigenvalue weighted by molar-refractivity contribution is 5.80. The van der Waals surface area contributed by atoms with Crippen LogP contribution in [0.15, 0.2) is 42.7 Å². The minimum Gasteiger partial charge on any atom is -0.347 e. The molecule has 1 saturated heterocycles. The Labute approximate surface area is 170 Å². The number of carbonyl (C=O) groups is 1. The Morgan fingerprint density at radius 2 is 2.17 bits per heavy atom. The molecule has 3 heterocycles. The molecule has 150 valence electrons. The summed E-state index contributed by atoms with van der Waals surface area (Å²) in [6.07, 6.45) is 5.86. The fraction of sp³-hybridized carbons (Fsp3) is 0.364. The highest BCUT2D eigenvalue weighted by Gasteiger charge is 2.33. The van der Waals surface area contributed by atoms with Gasteiger partial charge in [0.1, 0.15) is 0 Å². The average Bonchev–Trinajstić information content (AvgIpc) is 3.37. The van der Waals surface area contributed by atoms with Crippen LogP contribution in [-0.2, 0) is 11.2 Å². The van der Waals surface area contributed by atoms with E-state index in [0.717, 1.165) is 41.9 Å². The van der Waals surface area contributed by atoms with Crippen LogP contribution in [0.2, 0.25) is 0 Å². The molecule has 1 aromatic carbocycles. The van der Waals surface area contributed by atoms with E-state index in [1.54, 1.807) is 12.4 Å². The fourth-order valence-electron chi connectivity index (χ4n) is 3.93. The lowest BCUT2D eigenvalue weighted by atomic mass is 10.0. The van der Waals surface area contributed by atoms with Gasteiger partial charge in [-0.15, -0.1) is 0 Å². The van der Waals surface area contributed by atoms with Crippen LogP contribution in [-0.4, -0.2) is 51.6 Å². The largest absolute Gasteiger partial charge is 0.347 e. The number of hydrogen-bond donors (Lipinski definition) is 1. The number of likely N-dealkylation sites (tertiary alicyclic amines) is 1. The van der Waals surface area contributed by atoms with E-state index in [0.29, 0.717) is 12.4 Å². The molecular formula is C22H26N6O. The lowest BCUT2D eigenvalue weighted by Crippen LogP contribution is -2.32. The van der Waals surface area contributed by atoms with E-state index in [1.807, 2.05) is 55.1 Å². The monoisotopic (exact) mass is 390 g/mol. The molecule has 0 bridgehead atoms. The first-order valence-corrected chi connectivity index (χ1v) is 9.92. The molecule has 1 aliphatic heterocycles. The van der Waals surface area contributed by atoms with Gasteiger partial charge in [-0.1, -0.05) is 29.8 Å². The normalized spacial score (nSPS) is 16.2. The Morgan fingerprint density at radius 1 is 1.31 bits per heavy atom. The van der Waals surface area contributed by atoms with Crippen molar-refractivity contribution in [3.63, 3.8) is 0 Å². The molecule has 1 atom stereocenters. The van der Waals surface area contributed by atoms with E-state index in [9.17, 15) is 4.79 Å². The second-order valence-corrected chi connectivity index (χ2v) is 7.74. The lowest BCUT2D eigenvalue weighted by molar-refractivity contribution is -0.131. The maximum absolute atomic E-state index is 13.1. The van der Waals surface area contributed by atoms with Crippen molar-refractivity contribution < 1.29 is 4.79 Å². The summed E-state index contributed by atoms with van der Waals surface area (Å²) in [5.74, 6) is 0.795. The van der Waals surface area contributed by atoms with Gasteiger partial charge in [-0.2, -0.15) is 5.10 Å². The van der Waals surface area contributed by atoms with Gasteiger partial charge in [0.2, 0.25) is 11.9 Å². The van der Waals surface area contributed by atoms with Gasteiger partial charge in [0, 0.05) is 32.4 Å². The predicted molar refractivity (Wildman–Crippen MR) is 113 cm³/mol. The Bertz CT molecular complexity index is 1010. The summed E-state index contributed by atoms with van der Waals surface area (Å²) < 4.78 is 0. The number of H-pyrrole nitrogens is 1. The number of benzene rings is 1. The molecular weight excluding hydrogens is 364 g/mol. The third kappa shape index (κ3) is 3.99. The molecule has 1 aliphatic rings. The number of aryl methyl sites for hydroxylation is 1. The van der Waals surface area contributed by atoms with Crippen LogP contribution in [0.4, 0.5) is 5.95 Å². The van der Waals surface area contributed by atoms with Crippen molar-refractivity contribution >= 4 is 11.9 Å². The van der Waals surface area contributed by atoms with Crippen molar-refractivity contribution in [1.82, 2.24) is 25.1 Å². The summed E-state index contributed by atoms with van der Waals surface area (Å²) in [6.45, 7) is 2.81. The number of carbonyl (C=O) groups excluding carboxylic acids is 1. The Morgan fingerprint density at radius 3 is 2.97 bits per heavy atom. The summed E-state index contributed by atoms with van der Waals surface area (Å²) in [5.41, 5.74) is 4.91. The fourth-order valence-corrected chi connectivity index (χ4v) is 3.93. The summed E-state index contributed by atoms with van der Waals surface area (Å²) >= 11 is 0. The van der Waals surface area contributed by atoms with Crippen LogP contribution in [0, 0.1) is 6.92 Å². The van der Waals surface area contributed by atoms with E-state index < -0.39 is 0 Å². The van der Waals surface area contributed by atoms with Gasteiger partial charge in [-0.25, -0.2) is 9.97 Å².